The molecule has 4 aromatic heterocycles. The summed E-state index contributed by atoms with van der Waals surface area (Å²) in [5, 5.41) is 4.06. The van der Waals surface area contributed by atoms with Gasteiger partial charge in [-0.1, -0.05) is 83.3 Å². The van der Waals surface area contributed by atoms with Gasteiger partial charge in [0.2, 0.25) is 0 Å². The number of nitrogens with zero attached hydrogens (tertiary/aromatic N) is 4. The van der Waals surface area contributed by atoms with Crippen molar-refractivity contribution in [2.45, 2.75) is 41.5 Å². The standard InChI is InChI=1S/2C23H19N3/c2*1-14-4-7-18(16(3)10-14)8-6-17-12-20-19-9-5-15(2)11-21(19)26-23(24)22(20)25-13-17/h2*4-5,7,9-13H,1-3H3,(H2,24,26). The SMILES string of the molecule is Cc1ccc(C#Cc2cnc3c(N)nc4cc(C)ccc4c3c2)c(C)c1.Cc1ccc(C#Cc2cnc3c(N)nc4cc(C)ccc4c3c2)c(C)c1. The second-order valence-electron chi connectivity index (χ2n) is 13.4. The van der Waals surface area contributed by atoms with Crippen molar-refractivity contribution < 1.29 is 0 Å². The van der Waals surface area contributed by atoms with E-state index in [1.165, 1.54) is 22.3 Å². The van der Waals surface area contributed by atoms with Crippen LogP contribution in [0, 0.1) is 65.2 Å². The molecular weight excluding hydrogens is 637 g/mol. The minimum atomic E-state index is 0.451. The monoisotopic (exact) mass is 674 g/mol. The minimum Gasteiger partial charge on any atom is -0.382 e. The average Bonchev–Trinajstić information content (AvgIpc) is 3.11. The van der Waals surface area contributed by atoms with Crippen molar-refractivity contribution >= 4 is 55.2 Å². The first-order valence-electron chi connectivity index (χ1n) is 17.1. The number of fused-ring (bicyclic) bond motifs is 6. The zero-order valence-corrected chi connectivity index (χ0v) is 30.2. The lowest BCUT2D eigenvalue weighted by Crippen LogP contribution is -1.96. The van der Waals surface area contributed by atoms with Gasteiger partial charge in [0, 0.05) is 56.2 Å². The van der Waals surface area contributed by atoms with Gasteiger partial charge in [-0.25, -0.2) is 9.97 Å². The number of nitrogen functional groups attached to an aromatic ring is 2. The molecule has 0 amide bonds. The molecule has 252 valence electrons. The Morgan fingerprint density at radius 2 is 0.808 bits per heavy atom. The van der Waals surface area contributed by atoms with Crippen LogP contribution in [0.15, 0.2) is 97.3 Å². The fourth-order valence-corrected chi connectivity index (χ4v) is 6.36. The van der Waals surface area contributed by atoms with E-state index in [4.69, 9.17) is 11.5 Å². The Morgan fingerprint density at radius 1 is 0.423 bits per heavy atom. The zero-order chi connectivity index (χ0) is 36.5. The fraction of sp³-hybridized carbons (Fsp3) is 0.130. The van der Waals surface area contributed by atoms with Crippen molar-refractivity contribution in [3.63, 3.8) is 0 Å². The van der Waals surface area contributed by atoms with E-state index in [9.17, 15) is 0 Å². The third-order valence-corrected chi connectivity index (χ3v) is 9.08. The summed E-state index contributed by atoms with van der Waals surface area (Å²) < 4.78 is 0. The highest BCUT2D eigenvalue weighted by Crippen LogP contribution is 2.29. The van der Waals surface area contributed by atoms with Crippen molar-refractivity contribution in [2.75, 3.05) is 11.5 Å². The number of rotatable bonds is 0. The van der Waals surface area contributed by atoms with E-state index >= 15 is 0 Å². The van der Waals surface area contributed by atoms with Crippen molar-refractivity contribution in [1.29, 1.82) is 0 Å². The summed E-state index contributed by atoms with van der Waals surface area (Å²) in [5.41, 5.74) is 26.4. The first-order valence-corrected chi connectivity index (χ1v) is 17.1. The molecule has 4 N–H and O–H groups in total. The van der Waals surface area contributed by atoms with Crippen LogP contribution in [0.3, 0.4) is 0 Å². The Balaban J connectivity index is 0.000000162. The molecule has 8 aromatic rings. The molecule has 6 heteroatoms. The molecule has 0 spiro atoms. The van der Waals surface area contributed by atoms with E-state index in [1.807, 2.05) is 26.0 Å². The largest absolute Gasteiger partial charge is 0.382 e. The second kappa shape index (κ2) is 13.9. The van der Waals surface area contributed by atoms with Crippen LogP contribution in [0.25, 0.3) is 43.6 Å². The summed E-state index contributed by atoms with van der Waals surface area (Å²) in [6.07, 6.45) is 3.52. The molecule has 0 aliphatic heterocycles. The highest BCUT2D eigenvalue weighted by atomic mass is 14.9. The third-order valence-electron chi connectivity index (χ3n) is 9.08. The summed E-state index contributed by atoms with van der Waals surface area (Å²) in [6.45, 7) is 12.4. The molecule has 0 unspecified atom stereocenters. The second-order valence-corrected chi connectivity index (χ2v) is 13.4. The van der Waals surface area contributed by atoms with Crippen LogP contribution < -0.4 is 11.5 Å². The molecule has 4 heterocycles. The van der Waals surface area contributed by atoms with Gasteiger partial charge in [-0.05, 0) is 100 Å². The molecule has 0 saturated carbocycles. The van der Waals surface area contributed by atoms with Crippen LogP contribution >= 0.6 is 0 Å². The van der Waals surface area contributed by atoms with Crippen molar-refractivity contribution in [3.8, 4) is 23.7 Å². The molecule has 0 bridgehead atoms. The quantitative estimate of drug-likeness (QED) is 0.123. The Labute approximate surface area is 304 Å². The topological polar surface area (TPSA) is 104 Å². The van der Waals surface area contributed by atoms with Gasteiger partial charge in [-0.15, -0.1) is 0 Å². The van der Waals surface area contributed by atoms with Gasteiger partial charge in [0.1, 0.15) is 11.0 Å². The highest BCUT2D eigenvalue weighted by molar-refractivity contribution is 6.09. The Bertz CT molecular complexity index is 2650. The number of benzene rings is 4. The van der Waals surface area contributed by atoms with E-state index in [0.717, 1.165) is 77.0 Å². The number of aromatic nitrogens is 4. The summed E-state index contributed by atoms with van der Waals surface area (Å²) in [6, 6.07) is 29.1. The van der Waals surface area contributed by atoms with E-state index in [-0.39, 0.29) is 0 Å². The molecule has 0 aliphatic carbocycles. The lowest BCUT2D eigenvalue weighted by molar-refractivity contribution is 1.34. The number of hydrogen-bond donors (Lipinski definition) is 2. The lowest BCUT2D eigenvalue weighted by atomic mass is 10.0. The number of pyridine rings is 4. The Morgan fingerprint density at radius 3 is 1.21 bits per heavy atom. The molecular formula is C46H38N6. The van der Waals surface area contributed by atoms with Gasteiger partial charge in [-0.2, -0.15) is 0 Å². The van der Waals surface area contributed by atoms with Crippen LogP contribution in [0.2, 0.25) is 0 Å². The van der Waals surface area contributed by atoms with Crippen LogP contribution in [0.5, 0.6) is 0 Å². The maximum atomic E-state index is 6.11. The van der Waals surface area contributed by atoms with Gasteiger partial charge < -0.3 is 11.5 Å². The van der Waals surface area contributed by atoms with Crippen molar-refractivity contribution in [1.82, 2.24) is 19.9 Å². The molecule has 52 heavy (non-hydrogen) atoms. The van der Waals surface area contributed by atoms with Crippen molar-refractivity contribution in [2.24, 2.45) is 0 Å². The van der Waals surface area contributed by atoms with E-state index in [1.54, 1.807) is 12.4 Å². The van der Waals surface area contributed by atoms with Gasteiger partial charge in [0.25, 0.3) is 0 Å². The predicted octanol–water partition coefficient (Wildman–Crippen LogP) is 9.38. The van der Waals surface area contributed by atoms with E-state index in [0.29, 0.717) is 11.6 Å². The van der Waals surface area contributed by atoms with Crippen LogP contribution in [0.4, 0.5) is 11.6 Å². The summed E-state index contributed by atoms with van der Waals surface area (Å²) in [7, 11) is 0. The van der Waals surface area contributed by atoms with Gasteiger partial charge in [-0.3, -0.25) is 9.97 Å². The number of aryl methyl sites for hydroxylation is 6. The molecule has 4 aromatic carbocycles. The van der Waals surface area contributed by atoms with Gasteiger partial charge in [0.15, 0.2) is 11.6 Å². The number of anilines is 2. The first-order chi connectivity index (χ1) is 25.0. The van der Waals surface area contributed by atoms with Gasteiger partial charge in [0.05, 0.1) is 11.0 Å². The number of nitrogens with two attached hydrogens (primary N) is 2. The maximum Gasteiger partial charge on any atom is 0.150 e. The predicted molar refractivity (Wildman–Crippen MR) is 216 cm³/mol. The minimum absolute atomic E-state index is 0.451. The number of hydrogen-bond acceptors (Lipinski definition) is 6. The molecule has 8 rings (SSSR count). The normalized spacial score (nSPS) is 10.7. The smallest absolute Gasteiger partial charge is 0.150 e. The maximum absolute atomic E-state index is 6.11. The first kappa shape index (κ1) is 33.7. The zero-order valence-electron chi connectivity index (χ0n) is 30.2. The molecule has 0 fully saturated rings. The molecule has 0 atom stereocenters. The third kappa shape index (κ3) is 6.97. The highest BCUT2D eigenvalue weighted by Gasteiger charge is 2.10. The molecule has 0 saturated heterocycles. The summed E-state index contributed by atoms with van der Waals surface area (Å²) in [4.78, 5) is 18.0. The average molecular weight is 675 g/mol. The van der Waals surface area contributed by atoms with Crippen molar-refractivity contribution in [3.05, 3.63) is 153 Å². The van der Waals surface area contributed by atoms with Gasteiger partial charge >= 0.3 is 0 Å². The van der Waals surface area contributed by atoms with E-state index in [2.05, 4.69) is 144 Å². The van der Waals surface area contributed by atoms with Crippen LogP contribution in [-0.2, 0) is 0 Å². The lowest BCUT2D eigenvalue weighted by Gasteiger charge is -2.07. The summed E-state index contributed by atoms with van der Waals surface area (Å²) >= 11 is 0. The van der Waals surface area contributed by atoms with E-state index < -0.39 is 0 Å². The summed E-state index contributed by atoms with van der Waals surface area (Å²) in [5.74, 6) is 13.9. The Kier molecular flexibility index (Phi) is 8.99. The Hall–Kier alpha value is -6.76. The fourth-order valence-electron chi connectivity index (χ4n) is 6.36. The van der Waals surface area contributed by atoms with Crippen LogP contribution in [-0.4, -0.2) is 19.9 Å². The molecule has 6 nitrogen and oxygen atoms in total. The molecule has 0 radical (unpaired) electrons. The van der Waals surface area contributed by atoms with Crippen LogP contribution in [0.1, 0.15) is 55.6 Å². The molecule has 0 aliphatic rings.